The Morgan fingerprint density at radius 1 is 1.42 bits per heavy atom. The normalized spacial score (nSPS) is 23.6. The molecule has 11 nitrogen and oxygen atoms in total. The van der Waals surface area contributed by atoms with E-state index in [0.29, 0.717) is 5.56 Å². The molecule has 1 aliphatic heterocycles. The van der Waals surface area contributed by atoms with Crippen LogP contribution < -0.4 is 11.2 Å². The highest BCUT2D eigenvalue weighted by molar-refractivity contribution is 7.44. The Hall–Kier alpha value is -1.71. The van der Waals surface area contributed by atoms with E-state index in [2.05, 4.69) is 14.9 Å². The Morgan fingerprint density at radius 3 is 2.64 bits per heavy atom. The summed E-state index contributed by atoms with van der Waals surface area (Å²) >= 11 is 0. The van der Waals surface area contributed by atoms with Crippen molar-refractivity contribution in [2.45, 2.75) is 78.0 Å². The predicted octanol–water partition coefficient (Wildman–Crippen LogP) is 2.43. The lowest BCUT2D eigenvalue weighted by Crippen LogP contribution is -2.54. The molecule has 2 rings (SSSR count). The van der Waals surface area contributed by atoms with Crippen LogP contribution in [0.4, 0.5) is 4.39 Å². The van der Waals surface area contributed by atoms with Crippen molar-refractivity contribution >= 4 is 8.53 Å². The number of hydrogen-bond acceptors (Lipinski definition) is 8. The second kappa shape index (κ2) is 16.2. The second-order valence-corrected chi connectivity index (χ2v) is 9.94. The number of rotatable bonds is 12. The molecule has 1 saturated heterocycles. The summed E-state index contributed by atoms with van der Waals surface area (Å²) in [5.41, 5.74) is -0.820. The molecule has 1 aliphatic rings. The van der Waals surface area contributed by atoms with Crippen LogP contribution in [-0.4, -0.2) is 91.3 Å². The van der Waals surface area contributed by atoms with E-state index >= 15 is 0 Å². The van der Waals surface area contributed by atoms with E-state index in [0.717, 1.165) is 0 Å². The van der Waals surface area contributed by atoms with Gasteiger partial charge in [-0.3, -0.25) is 14.3 Å². The van der Waals surface area contributed by atoms with Crippen LogP contribution in [0.2, 0.25) is 0 Å². The number of halogens is 1. The zero-order valence-corrected chi connectivity index (χ0v) is 22.7. The lowest BCUT2D eigenvalue weighted by molar-refractivity contribution is -0.167. The third-order valence-electron chi connectivity index (χ3n) is 5.30. The maximum Gasteiger partial charge on any atom is 0.328 e. The van der Waals surface area contributed by atoms with Gasteiger partial charge in [-0.2, -0.15) is 0 Å². The Morgan fingerprint density at radius 2 is 2.08 bits per heavy atom. The van der Waals surface area contributed by atoms with Crippen molar-refractivity contribution in [2.24, 2.45) is 0 Å². The summed E-state index contributed by atoms with van der Waals surface area (Å²) in [6.45, 7) is 15.8. The summed E-state index contributed by atoms with van der Waals surface area (Å²) in [5, 5.41) is 3.50. The average molecular weight is 538 g/mol. The molecule has 0 spiro atoms. The number of hydrogen-bond donors (Lipinski definition) is 2. The van der Waals surface area contributed by atoms with E-state index in [1.54, 1.807) is 6.92 Å². The minimum Gasteiger partial charge on any atom is -0.400 e. The molecule has 0 radical (unpaired) electrons. The van der Waals surface area contributed by atoms with Crippen LogP contribution in [0, 0.1) is 13.5 Å². The van der Waals surface area contributed by atoms with Crippen molar-refractivity contribution < 1.29 is 29.4 Å². The van der Waals surface area contributed by atoms with Gasteiger partial charge < -0.3 is 28.5 Å². The van der Waals surface area contributed by atoms with Gasteiger partial charge in [0.1, 0.15) is 25.5 Å². The molecule has 0 aromatic carbocycles. The molecule has 13 heteroatoms. The van der Waals surface area contributed by atoms with Crippen molar-refractivity contribution in [1.82, 2.24) is 14.2 Å². The van der Waals surface area contributed by atoms with Crippen LogP contribution in [0.5, 0.6) is 0 Å². The number of ether oxygens (including phenoxy) is 2. The molecule has 5 atom stereocenters. The lowest BCUT2D eigenvalue weighted by Gasteiger charge is -2.44. The van der Waals surface area contributed by atoms with Gasteiger partial charge in [0.05, 0.1) is 25.4 Å². The summed E-state index contributed by atoms with van der Waals surface area (Å²) in [4.78, 5) is 30.1. The molecule has 2 N–H and O–H groups in total. The fourth-order valence-corrected chi connectivity index (χ4v) is 5.58. The fraction of sp³-hybridized carbons (Fsp3) is 0.783. The largest absolute Gasteiger partial charge is 0.400 e. The number of aliphatic hydroxyl groups is 1. The molecule has 2 heterocycles. The van der Waals surface area contributed by atoms with Crippen molar-refractivity contribution in [3.63, 3.8) is 0 Å². The van der Waals surface area contributed by atoms with Crippen LogP contribution >= 0.6 is 8.53 Å². The Kier molecular flexibility index (Phi) is 13.0. The monoisotopic (exact) mass is 537 g/mol. The van der Waals surface area contributed by atoms with Gasteiger partial charge in [0.2, 0.25) is 7.98 Å². The van der Waals surface area contributed by atoms with Crippen LogP contribution in [-0.2, 0) is 18.5 Å². The van der Waals surface area contributed by atoms with Crippen LogP contribution in [0.15, 0.2) is 15.8 Å². The van der Waals surface area contributed by atoms with Crippen molar-refractivity contribution in [2.75, 3.05) is 40.1 Å². The smallest absolute Gasteiger partial charge is 0.328 e. The SMILES string of the molecule is [2H]C[C@H]1OC[C@@H](n2cc(C)c(=O)[nH]c2=O)[C@H](OCCF)[C@@H]1OP(OCC[N+]#[C-])N(C(C)C)C(C)C.[3H]OC. The highest BCUT2D eigenvalue weighted by Crippen LogP contribution is 2.49. The molecule has 0 bridgehead atoms. The molecule has 1 aromatic rings. The third kappa shape index (κ3) is 8.70. The van der Waals surface area contributed by atoms with Gasteiger partial charge in [0.15, 0.2) is 0 Å². The van der Waals surface area contributed by atoms with E-state index in [4.69, 9.17) is 27.9 Å². The molecule has 206 valence electrons. The predicted molar refractivity (Wildman–Crippen MR) is 136 cm³/mol. The lowest BCUT2D eigenvalue weighted by atomic mass is 9.98. The van der Waals surface area contributed by atoms with E-state index < -0.39 is 50.8 Å². The standard InChI is InChI=1S/C22H36FN4O6P.CH4O/c1-14(2)27(15(3)4)34(32-11-9-24-7)33-19-17(6)31-13-18(20(19)30-10-8-23)26-12-16(5)21(28)25-22(26)29;1-2/h12,14-15,17-20H,8-11,13H2,1-6H3,(H,25,28,29);2H,1H3/t17-,18-,19-,20+,34?;/m1./s1/i6D;2T. The van der Waals surface area contributed by atoms with Gasteiger partial charge in [-0.1, -0.05) is 0 Å². The zero-order valence-electron chi connectivity index (χ0n) is 23.8. The van der Waals surface area contributed by atoms with Crippen LogP contribution in [0.3, 0.4) is 0 Å². The molecule has 0 amide bonds. The summed E-state index contributed by atoms with van der Waals surface area (Å²) in [5.74, 6) is 0. The van der Waals surface area contributed by atoms with Gasteiger partial charge in [-0.05, 0) is 41.5 Å². The maximum absolute atomic E-state index is 13.2. The first-order valence-electron chi connectivity index (χ1n) is 12.8. The third-order valence-corrected chi connectivity index (χ3v) is 7.43. The van der Waals surface area contributed by atoms with Gasteiger partial charge in [0, 0.05) is 32.3 Å². The first-order valence-corrected chi connectivity index (χ1v) is 12.8. The number of nitrogens with zero attached hydrogens (tertiary/aromatic N) is 3. The zero-order chi connectivity index (χ0) is 28.8. The van der Waals surface area contributed by atoms with Gasteiger partial charge >= 0.3 is 5.69 Å². The highest BCUT2D eigenvalue weighted by atomic mass is 31.2. The minimum atomic E-state index is -1.71. The quantitative estimate of drug-likeness (QED) is 0.237. The van der Waals surface area contributed by atoms with Gasteiger partial charge in [-0.15, -0.1) is 0 Å². The molecule has 0 saturated carbocycles. The number of aliphatic hydroxyl groups excluding tert-OH is 1. The van der Waals surface area contributed by atoms with E-state index in [9.17, 15) is 14.0 Å². The summed E-state index contributed by atoms with van der Waals surface area (Å²) < 4.78 is 54.5. The summed E-state index contributed by atoms with van der Waals surface area (Å²) in [6.07, 6.45) is -1.02. The van der Waals surface area contributed by atoms with Crippen molar-refractivity contribution in [3.05, 3.63) is 44.0 Å². The summed E-state index contributed by atoms with van der Waals surface area (Å²) in [6, 6.07) is -0.652. The number of aromatic amines is 1. The fourth-order valence-electron chi connectivity index (χ4n) is 3.82. The van der Waals surface area contributed by atoms with Gasteiger partial charge in [0.25, 0.3) is 14.1 Å². The first kappa shape index (κ1) is 28.9. The number of alkyl halides is 1. The van der Waals surface area contributed by atoms with Crippen LogP contribution in [0.1, 0.15) is 47.6 Å². The Labute approximate surface area is 216 Å². The number of aryl methyl sites for hydroxylation is 1. The van der Waals surface area contributed by atoms with Gasteiger partial charge in [-0.25, -0.2) is 20.4 Å². The van der Waals surface area contributed by atoms with E-state index in [-0.39, 0.29) is 45.3 Å². The first-order chi connectivity index (χ1) is 18.1. The number of nitrogens with one attached hydrogen (secondary N) is 1. The number of H-pyrrole nitrogens is 1. The molecule has 1 fully saturated rings. The number of aromatic nitrogens is 2. The summed E-state index contributed by atoms with van der Waals surface area (Å²) in [7, 11) is -0.419. The molecule has 36 heavy (non-hydrogen) atoms. The highest BCUT2D eigenvalue weighted by Gasteiger charge is 2.44. The topological polar surface area (TPSA) is 120 Å². The second-order valence-electron chi connectivity index (χ2n) is 8.53. The molecule has 1 unspecified atom stereocenters. The maximum atomic E-state index is 13.2. The van der Waals surface area contributed by atoms with Crippen LogP contribution in [0.25, 0.3) is 4.85 Å². The molecule has 1 aromatic heterocycles. The Bertz CT molecular complexity index is 970. The molecular weight excluding hydrogens is 494 g/mol. The van der Waals surface area contributed by atoms with E-state index in [1.807, 2.05) is 32.4 Å². The van der Waals surface area contributed by atoms with E-state index in [1.165, 1.54) is 17.9 Å². The Balaban J connectivity index is 0.00000229. The average Bonchev–Trinajstić information content (AvgIpc) is 2.85. The minimum absolute atomic E-state index is 0.0142. The van der Waals surface area contributed by atoms with Crippen molar-refractivity contribution in [3.8, 4) is 0 Å². The van der Waals surface area contributed by atoms with Crippen molar-refractivity contribution in [1.29, 1.82) is 1.43 Å². The molecule has 0 aliphatic carbocycles. The molecular formula is C23H40FN4O7P.